The van der Waals surface area contributed by atoms with E-state index in [-0.39, 0.29) is 42.0 Å². The van der Waals surface area contributed by atoms with Gasteiger partial charge >= 0.3 is 29.6 Å². The van der Waals surface area contributed by atoms with Crippen molar-refractivity contribution in [2.75, 3.05) is 12.3 Å². The molecule has 7 heteroatoms. The summed E-state index contributed by atoms with van der Waals surface area (Å²) in [5.41, 5.74) is 0. The van der Waals surface area contributed by atoms with Crippen LogP contribution >= 0.6 is 0 Å². The summed E-state index contributed by atoms with van der Waals surface area (Å²) in [6.45, 7) is 4.45. The number of amides is 1. The molecule has 26 heavy (non-hydrogen) atoms. The van der Waals surface area contributed by atoms with Crippen molar-refractivity contribution in [1.29, 1.82) is 0 Å². The summed E-state index contributed by atoms with van der Waals surface area (Å²) >= 11 is 0. The number of carbonyl (C=O) groups excluding carboxylic acids is 1. The summed E-state index contributed by atoms with van der Waals surface area (Å²) < 4.78 is 31.2. The molecule has 0 aromatic rings. The fourth-order valence-electron chi connectivity index (χ4n) is 2.53. The van der Waals surface area contributed by atoms with E-state index in [0.29, 0.717) is 6.42 Å². The quantitative estimate of drug-likeness (QED) is 0.183. The Kier molecular flexibility index (Phi) is 20.1. The first-order valence-electron chi connectivity index (χ1n) is 9.66. The van der Waals surface area contributed by atoms with Gasteiger partial charge < -0.3 is 9.87 Å². The third-order valence-corrected chi connectivity index (χ3v) is 4.72. The second-order valence-electron chi connectivity index (χ2n) is 7.07. The summed E-state index contributed by atoms with van der Waals surface area (Å²) in [5, 5.41) is 2.46. The van der Waals surface area contributed by atoms with Gasteiger partial charge in [-0.2, -0.15) is 0 Å². The molecule has 0 radical (unpaired) electrons. The fourth-order valence-corrected chi connectivity index (χ4v) is 2.88. The number of rotatable bonds is 16. The molecule has 0 rings (SSSR count). The van der Waals surface area contributed by atoms with Crippen LogP contribution in [0.4, 0.5) is 0 Å². The van der Waals surface area contributed by atoms with Crippen LogP contribution < -0.4 is 34.9 Å². The molecule has 0 aromatic heterocycles. The summed E-state index contributed by atoms with van der Waals surface area (Å²) in [7, 11) is -4.24. The maximum absolute atomic E-state index is 11.4. The number of allylic oxidation sites excluding steroid dienone is 2. The van der Waals surface area contributed by atoms with Gasteiger partial charge in [0.15, 0.2) is 0 Å². The van der Waals surface area contributed by atoms with E-state index in [2.05, 4.69) is 31.3 Å². The molecule has 0 unspecified atom stereocenters. The number of hydrogen-bond donors (Lipinski definition) is 1. The molecule has 5 nitrogen and oxygen atoms in total. The van der Waals surface area contributed by atoms with Crippen molar-refractivity contribution < 1.29 is 47.3 Å². The zero-order chi connectivity index (χ0) is 19.0. The number of unbranched alkanes of at least 4 members (excludes halogenated alkanes) is 7. The third-order valence-electron chi connectivity index (χ3n) is 4.02. The van der Waals surface area contributed by atoms with Crippen LogP contribution in [0.2, 0.25) is 0 Å². The summed E-state index contributed by atoms with van der Waals surface area (Å²) in [4.78, 5) is 11.4. The van der Waals surface area contributed by atoms with E-state index in [0.717, 1.165) is 31.6 Å². The van der Waals surface area contributed by atoms with Crippen molar-refractivity contribution in [3.05, 3.63) is 12.2 Å². The molecular weight excluding hydrogens is 361 g/mol. The van der Waals surface area contributed by atoms with Gasteiger partial charge in [-0.15, -0.1) is 0 Å². The Hall–Kier alpha value is 0.120. The Labute approximate surface area is 182 Å². The predicted molar refractivity (Wildman–Crippen MR) is 102 cm³/mol. The maximum Gasteiger partial charge on any atom is 1.00 e. The van der Waals surface area contributed by atoms with Gasteiger partial charge in [0, 0.05) is 13.0 Å². The minimum atomic E-state index is -4.24. The topological polar surface area (TPSA) is 86.3 Å². The van der Waals surface area contributed by atoms with Crippen molar-refractivity contribution in [3.8, 4) is 0 Å². The van der Waals surface area contributed by atoms with Crippen LogP contribution in [-0.4, -0.2) is 31.2 Å². The first-order chi connectivity index (χ1) is 11.8. The van der Waals surface area contributed by atoms with Crippen molar-refractivity contribution in [1.82, 2.24) is 5.32 Å². The van der Waals surface area contributed by atoms with E-state index in [4.69, 9.17) is 0 Å². The van der Waals surface area contributed by atoms with Crippen molar-refractivity contribution in [2.24, 2.45) is 5.92 Å². The molecule has 0 bridgehead atoms. The van der Waals surface area contributed by atoms with Crippen LogP contribution in [0.5, 0.6) is 0 Å². The van der Waals surface area contributed by atoms with E-state index in [9.17, 15) is 17.8 Å². The van der Waals surface area contributed by atoms with E-state index in [1.165, 1.54) is 38.5 Å². The van der Waals surface area contributed by atoms with Gasteiger partial charge in [-0.3, -0.25) is 4.79 Å². The normalized spacial score (nSPS) is 11.7. The fraction of sp³-hybridized carbons (Fsp3) is 0.842. The predicted octanol–water partition coefficient (Wildman–Crippen LogP) is 1.16. The first-order valence-corrected chi connectivity index (χ1v) is 11.2. The molecule has 0 fully saturated rings. The number of hydrogen-bond acceptors (Lipinski definition) is 4. The SMILES string of the molecule is CC(C)CCCC/C=C\CCCCCCCC(=O)NCCS(=O)(=O)[O-].[Na+]. The summed E-state index contributed by atoms with van der Waals surface area (Å²) in [6, 6.07) is 0. The van der Waals surface area contributed by atoms with Gasteiger partial charge in [0.2, 0.25) is 5.91 Å². The molecule has 0 saturated heterocycles. The molecular formula is C19H36NNaO4S. The number of carbonyl (C=O) groups is 1. The molecule has 0 aromatic carbocycles. The smallest absolute Gasteiger partial charge is 0.748 e. The first kappa shape index (κ1) is 28.3. The monoisotopic (exact) mass is 397 g/mol. The Morgan fingerprint density at radius 3 is 2.08 bits per heavy atom. The van der Waals surface area contributed by atoms with Crippen molar-refractivity contribution in [2.45, 2.75) is 84.5 Å². The molecule has 1 N–H and O–H groups in total. The van der Waals surface area contributed by atoms with Crippen molar-refractivity contribution in [3.63, 3.8) is 0 Å². The van der Waals surface area contributed by atoms with E-state index in [1.807, 2.05) is 0 Å². The van der Waals surface area contributed by atoms with Gasteiger partial charge in [0.05, 0.1) is 15.9 Å². The van der Waals surface area contributed by atoms with Gasteiger partial charge in [0.1, 0.15) is 0 Å². The van der Waals surface area contributed by atoms with Crippen LogP contribution in [0, 0.1) is 5.92 Å². The summed E-state index contributed by atoms with van der Waals surface area (Å²) in [5.74, 6) is 0.0948. The standard InChI is InChI=1S/C19H37NO4S.Na/c1-18(2)14-12-10-8-6-4-3-5-7-9-11-13-15-19(21)20-16-17-25(22,23)24;/h4,6,18H,3,5,7-17H2,1-2H3,(H,20,21)(H,22,23,24);/q;+1/p-1/b6-4-;. The largest absolute Gasteiger partial charge is 1.00 e. The van der Waals surface area contributed by atoms with Crippen LogP contribution in [-0.2, 0) is 14.9 Å². The molecule has 0 atom stereocenters. The molecule has 0 aliphatic rings. The molecule has 0 heterocycles. The van der Waals surface area contributed by atoms with E-state index < -0.39 is 15.9 Å². The average Bonchev–Trinajstić information content (AvgIpc) is 2.50. The Morgan fingerprint density at radius 1 is 0.962 bits per heavy atom. The van der Waals surface area contributed by atoms with Gasteiger partial charge in [0.25, 0.3) is 0 Å². The average molecular weight is 398 g/mol. The third kappa shape index (κ3) is 24.1. The van der Waals surface area contributed by atoms with Crippen molar-refractivity contribution >= 4 is 16.0 Å². The summed E-state index contributed by atoms with van der Waals surface area (Å²) in [6.07, 6.45) is 16.5. The van der Waals surface area contributed by atoms with Crippen LogP contribution in [0.25, 0.3) is 0 Å². The second-order valence-corrected chi connectivity index (χ2v) is 8.59. The second kappa shape index (κ2) is 18.5. The minimum absolute atomic E-state index is 0. The zero-order valence-electron chi connectivity index (χ0n) is 17.0. The zero-order valence-corrected chi connectivity index (χ0v) is 19.8. The molecule has 0 saturated carbocycles. The molecule has 0 aliphatic carbocycles. The van der Waals surface area contributed by atoms with E-state index >= 15 is 0 Å². The minimum Gasteiger partial charge on any atom is -0.748 e. The number of nitrogens with one attached hydrogen (secondary N) is 1. The van der Waals surface area contributed by atoms with Crippen LogP contribution in [0.3, 0.4) is 0 Å². The molecule has 0 aliphatic heterocycles. The van der Waals surface area contributed by atoms with E-state index in [1.54, 1.807) is 0 Å². The molecule has 148 valence electrons. The van der Waals surface area contributed by atoms with Crippen LogP contribution in [0.15, 0.2) is 12.2 Å². The van der Waals surface area contributed by atoms with Gasteiger partial charge in [-0.1, -0.05) is 58.1 Å². The Morgan fingerprint density at radius 2 is 1.50 bits per heavy atom. The Balaban J connectivity index is 0. The van der Waals surface area contributed by atoms with Crippen LogP contribution in [0.1, 0.15) is 84.5 Å². The molecule has 0 spiro atoms. The van der Waals surface area contributed by atoms with Gasteiger partial charge in [-0.05, 0) is 38.0 Å². The molecule has 1 amide bonds. The van der Waals surface area contributed by atoms with Gasteiger partial charge in [-0.25, -0.2) is 8.42 Å². The maximum atomic E-state index is 11.4. The Bertz CT molecular complexity index is 464.